The summed E-state index contributed by atoms with van der Waals surface area (Å²) < 4.78 is 0. The number of nitrogens with zero attached hydrogens (tertiary/aromatic N) is 4. The summed E-state index contributed by atoms with van der Waals surface area (Å²) in [7, 11) is 0. The summed E-state index contributed by atoms with van der Waals surface area (Å²) in [6.07, 6.45) is 1.01. The van der Waals surface area contributed by atoms with Crippen molar-refractivity contribution in [3.8, 4) is 0 Å². The van der Waals surface area contributed by atoms with Crippen molar-refractivity contribution < 1.29 is 0 Å². The maximum atomic E-state index is 5.74. The smallest absolute Gasteiger partial charge is 0.243 e. The third-order valence-corrected chi connectivity index (χ3v) is 3.51. The molecule has 2 heterocycles. The highest BCUT2D eigenvalue weighted by Gasteiger charge is 2.20. The molecule has 0 fully saturated rings. The second-order valence-corrected chi connectivity index (χ2v) is 4.78. The van der Waals surface area contributed by atoms with Crippen LogP contribution in [0.15, 0.2) is 29.8 Å². The fourth-order valence-electron chi connectivity index (χ4n) is 2.35. The van der Waals surface area contributed by atoms with Crippen LogP contribution in [0.4, 0.5) is 11.6 Å². The third-order valence-electron chi connectivity index (χ3n) is 3.51. The molecule has 1 aromatic carbocycles. The molecule has 6 heteroatoms. The van der Waals surface area contributed by atoms with Crippen molar-refractivity contribution in [3.05, 3.63) is 35.4 Å². The molecule has 0 radical (unpaired) electrons. The lowest BCUT2D eigenvalue weighted by Gasteiger charge is -2.29. The summed E-state index contributed by atoms with van der Waals surface area (Å²) in [5.41, 5.74) is 10.5. The van der Waals surface area contributed by atoms with Crippen molar-refractivity contribution in [3.63, 3.8) is 0 Å². The van der Waals surface area contributed by atoms with Crippen LogP contribution in [0.1, 0.15) is 18.9 Å². The zero-order valence-electron chi connectivity index (χ0n) is 10.8. The number of hydrogen-bond acceptors (Lipinski definition) is 5. The lowest BCUT2D eigenvalue weighted by atomic mass is 9.95. The molecule has 0 spiro atoms. The van der Waals surface area contributed by atoms with Gasteiger partial charge in [-0.15, -0.1) is 0 Å². The zero-order chi connectivity index (χ0) is 13.2. The molecule has 3 N–H and O–H groups in total. The van der Waals surface area contributed by atoms with Gasteiger partial charge in [0.2, 0.25) is 5.95 Å². The molecule has 0 bridgehead atoms. The van der Waals surface area contributed by atoms with Gasteiger partial charge in [0.1, 0.15) is 0 Å². The number of hydrogen-bond donors (Lipinski definition) is 2. The predicted octanol–water partition coefficient (Wildman–Crippen LogP) is 1.47. The standard InChI is InChI=1S/C13H16N6/c1-9-6-7-19(13-15-17-18-16-13)8-12(9)10-2-4-11(14)5-3-10/h2-5H,6-8,14H2,1H3,(H,15,16,17,18). The summed E-state index contributed by atoms with van der Waals surface area (Å²) in [5.74, 6) is 0.723. The number of nitrogens with one attached hydrogen (secondary N) is 1. The van der Waals surface area contributed by atoms with Crippen molar-refractivity contribution in [1.29, 1.82) is 0 Å². The fourth-order valence-corrected chi connectivity index (χ4v) is 2.35. The maximum Gasteiger partial charge on any atom is 0.243 e. The first-order valence-corrected chi connectivity index (χ1v) is 6.27. The summed E-state index contributed by atoms with van der Waals surface area (Å²) in [5, 5.41) is 14.0. The highest BCUT2D eigenvalue weighted by molar-refractivity contribution is 5.74. The van der Waals surface area contributed by atoms with Gasteiger partial charge >= 0.3 is 0 Å². The fraction of sp³-hybridized carbons (Fsp3) is 0.308. The largest absolute Gasteiger partial charge is 0.399 e. The van der Waals surface area contributed by atoms with E-state index in [1.807, 2.05) is 12.1 Å². The minimum absolute atomic E-state index is 0.723. The number of aromatic amines is 1. The summed E-state index contributed by atoms with van der Waals surface area (Å²) in [6, 6.07) is 8.00. The van der Waals surface area contributed by atoms with Crippen LogP contribution in [0.2, 0.25) is 0 Å². The summed E-state index contributed by atoms with van der Waals surface area (Å²) in [6.45, 7) is 3.93. The Kier molecular flexibility index (Phi) is 2.91. The molecule has 1 aliphatic heterocycles. The Balaban J connectivity index is 1.89. The molecule has 1 aromatic heterocycles. The van der Waals surface area contributed by atoms with Crippen molar-refractivity contribution in [2.24, 2.45) is 0 Å². The van der Waals surface area contributed by atoms with Crippen LogP contribution in [0.25, 0.3) is 5.57 Å². The van der Waals surface area contributed by atoms with Gasteiger partial charge < -0.3 is 10.6 Å². The van der Waals surface area contributed by atoms with Gasteiger partial charge in [-0.1, -0.05) is 22.8 Å². The molecule has 0 unspecified atom stereocenters. The molecule has 0 aliphatic carbocycles. The Hall–Kier alpha value is -2.37. The highest BCUT2D eigenvalue weighted by Crippen LogP contribution is 2.28. The number of H-pyrrole nitrogens is 1. The topological polar surface area (TPSA) is 83.7 Å². The molecular weight excluding hydrogens is 240 g/mol. The molecule has 1 aliphatic rings. The van der Waals surface area contributed by atoms with Crippen LogP contribution in [0.5, 0.6) is 0 Å². The molecule has 98 valence electrons. The van der Waals surface area contributed by atoms with Gasteiger partial charge in [0.25, 0.3) is 0 Å². The van der Waals surface area contributed by atoms with Crippen molar-refractivity contribution in [2.75, 3.05) is 23.7 Å². The minimum Gasteiger partial charge on any atom is -0.399 e. The number of aromatic nitrogens is 4. The normalized spacial score (nSPS) is 15.9. The van der Waals surface area contributed by atoms with Crippen LogP contribution >= 0.6 is 0 Å². The molecule has 0 amide bonds. The minimum atomic E-state index is 0.723. The third kappa shape index (κ3) is 2.29. The average molecular weight is 256 g/mol. The average Bonchev–Trinajstić information content (AvgIpc) is 2.94. The van der Waals surface area contributed by atoms with E-state index in [-0.39, 0.29) is 0 Å². The van der Waals surface area contributed by atoms with Crippen molar-refractivity contribution in [2.45, 2.75) is 13.3 Å². The Morgan fingerprint density at radius 3 is 2.74 bits per heavy atom. The lowest BCUT2D eigenvalue weighted by molar-refractivity contribution is 0.772. The number of benzene rings is 1. The molecule has 2 aromatic rings. The SMILES string of the molecule is CC1=C(c2ccc(N)cc2)CN(c2nnn[nH]2)CC1. The van der Waals surface area contributed by atoms with Crippen LogP contribution in [-0.4, -0.2) is 33.7 Å². The van der Waals surface area contributed by atoms with E-state index >= 15 is 0 Å². The summed E-state index contributed by atoms with van der Waals surface area (Å²) in [4.78, 5) is 2.15. The number of nitrogen functional groups attached to an aromatic ring is 1. The Bertz CT molecular complexity index is 584. The number of anilines is 2. The first-order valence-electron chi connectivity index (χ1n) is 6.27. The Labute approximate surface area is 111 Å². The molecule has 19 heavy (non-hydrogen) atoms. The monoisotopic (exact) mass is 256 g/mol. The van der Waals surface area contributed by atoms with Crippen LogP contribution in [0, 0.1) is 0 Å². The van der Waals surface area contributed by atoms with Gasteiger partial charge in [-0.25, -0.2) is 5.10 Å². The van der Waals surface area contributed by atoms with E-state index in [0.29, 0.717) is 0 Å². The van der Waals surface area contributed by atoms with Gasteiger partial charge in [-0.05, 0) is 47.0 Å². The van der Waals surface area contributed by atoms with Crippen molar-refractivity contribution in [1.82, 2.24) is 20.6 Å². The van der Waals surface area contributed by atoms with Crippen LogP contribution in [-0.2, 0) is 0 Å². The van der Waals surface area contributed by atoms with E-state index in [0.717, 1.165) is 31.1 Å². The first-order chi connectivity index (χ1) is 9.24. The quantitative estimate of drug-likeness (QED) is 0.795. The molecule has 0 atom stereocenters. The van der Waals surface area contributed by atoms with Gasteiger partial charge in [0.05, 0.1) is 0 Å². The molecule has 0 saturated heterocycles. The van der Waals surface area contributed by atoms with E-state index < -0.39 is 0 Å². The number of tetrazole rings is 1. The molecular formula is C13H16N6. The van der Waals surface area contributed by atoms with E-state index in [4.69, 9.17) is 5.73 Å². The Morgan fingerprint density at radius 2 is 2.05 bits per heavy atom. The Morgan fingerprint density at radius 1 is 1.26 bits per heavy atom. The lowest BCUT2D eigenvalue weighted by Crippen LogP contribution is -2.31. The van der Waals surface area contributed by atoms with E-state index in [1.165, 1.54) is 16.7 Å². The highest BCUT2D eigenvalue weighted by atomic mass is 15.5. The van der Waals surface area contributed by atoms with Gasteiger partial charge in [-0.3, -0.25) is 0 Å². The molecule has 0 saturated carbocycles. The molecule has 6 nitrogen and oxygen atoms in total. The van der Waals surface area contributed by atoms with Gasteiger partial charge in [-0.2, -0.15) is 0 Å². The van der Waals surface area contributed by atoms with Gasteiger partial charge in [0.15, 0.2) is 0 Å². The second kappa shape index (κ2) is 4.72. The van der Waals surface area contributed by atoms with Crippen LogP contribution < -0.4 is 10.6 Å². The summed E-state index contributed by atoms with van der Waals surface area (Å²) >= 11 is 0. The van der Waals surface area contributed by atoms with Crippen molar-refractivity contribution >= 4 is 17.2 Å². The number of nitrogens with two attached hydrogens (primary N) is 1. The zero-order valence-corrected chi connectivity index (χ0v) is 10.8. The van der Waals surface area contributed by atoms with Gasteiger partial charge in [0, 0.05) is 18.8 Å². The van der Waals surface area contributed by atoms with E-state index in [1.54, 1.807) is 0 Å². The number of rotatable bonds is 2. The van der Waals surface area contributed by atoms with Crippen LogP contribution in [0.3, 0.4) is 0 Å². The predicted molar refractivity (Wildman–Crippen MR) is 74.5 cm³/mol. The first kappa shape index (κ1) is 11.7. The molecule has 3 rings (SSSR count). The second-order valence-electron chi connectivity index (χ2n) is 4.78. The van der Waals surface area contributed by atoms with E-state index in [9.17, 15) is 0 Å². The maximum absolute atomic E-state index is 5.74. The van der Waals surface area contributed by atoms with E-state index in [2.05, 4.69) is 44.6 Å².